The van der Waals surface area contributed by atoms with Crippen LogP contribution in [0.25, 0.3) is 0 Å². The van der Waals surface area contributed by atoms with Crippen molar-refractivity contribution in [3.63, 3.8) is 0 Å². The third kappa shape index (κ3) is 3.67. The van der Waals surface area contributed by atoms with E-state index in [0.29, 0.717) is 17.4 Å². The summed E-state index contributed by atoms with van der Waals surface area (Å²) in [5.74, 6) is 0. The first-order valence-electron chi connectivity index (χ1n) is 6.54. The first-order chi connectivity index (χ1) is 9.87. The Bertz CT molecular complexity index is 700. The molecular formula is C13H18ClN3O2S2. The van der Waals surface area contributed by atoms with Gasteiger partial charge in [0.2, 0.25) is 10.0 Å². The van der Waals surface area contributed by atoms with Crippen molar-refractivity contribution < 1.29 is 8.42 Å². The minimum atomic E-state index is -3.58. The number of aromatic nitrogens is 1. The van der Waals surface area contributed by atoms with Gasteiger partial charge < -0.3 is 10.3 Å². The zero-order valence-corrected chi connectivity index (χ0v) is 14.2. The van der Waals surface area contributed by atoms with Crippen molar-refractivity contribution in [2.45, 2.75) is 37.9 Å². The number of nitrogens with zero attached hydrogens (tertiary/aromatic N) is 1. The maximum absolute atomic E-state index is 12.4. The molecule has 0 aliphatic heterocycles. The maximum Gasteiger partial charge on any atom is 0.242 e. The normalized spacial score (nSPS) is 13.5. The largest absolute Gasteiger partial charge is 0.349 e. The summed E-state index contributed by atoms with van der Waals surface area (Å²) in [6.45, 7) is 4.72. The Hall–Kier alpha value is -0.860. The van der Waals surface area contributed by atoms with Gasteiger partial charge in [-0.25, -0.2) is 13.1 Å². The molecule has 0 fully saturated rings. The summed E-state index contributed by atoms with van der Waals surface area (Å²) in [7, 11) is -3.58. The fourth-order valence-electron chi connectivity index (χ4n) is 2.06. The van der Waals surface area contributed by atoms with Gasteiger partial charge in [-0.2, -0.15) is 0 Å². The molecule has 2 aromatic heterocycles. The molecule has 2 aromatic rings. The lowest BCUT2D eigenvalue weighted by molar-refractivity contribution is 0.568. The summed E-state index contributed by atoms with van der Waals surface area (Å²) < 4.78 is 30.0. The molecule has 0 aliphatic rings. The summed E-state index contributed by atoms with van der Waals surface area (Å²) in [4.78, 5) is 1.11. The van der Waals surface area contributed by atoms with E-state index < -0.39 is 10.0 Å². The number of nitrogens with two attached hydrogens (primary N) is 1. The van der Waals surface area contributed by atoms with Gasteiger partial charge in [0.25, 0.3) is 0 Å². The van der Waals surface area contributed by atoms with Gasteiger partial charge in [-0.05, 0) is 32.0 Å². The molecule has 21 heavy (non-hydrogen) atoms. The molecular weight excluding hydrogens is 330 g/mol. The van der Waals surface area contributed by atoms with E-state index in [1.807, 2.05) is 17.6 Å². The quantitative estimate of drug-likeness (QED) is 0.843. The van der Waals surface area contributed by atoms with Gasteiger partial charge in [0.15, 0.2) is 0 Å². The van der Waals surface area contributed by atoms with Crippen molar-refractivity contribution in [3.05, 3.63) is 39.3 Å². The molecule has 1 atom stereocenters. The van der Waals surface area contributed by atoms with Gasteiger partial charge >= 0.3 is 0 Å². The Morgan fingerprint density at radius 2 is 2.19 bits per heavy atom. The second kappa shape index (κ2) is 6.50. The summed E-state index contributed by atoms with van der Waals surface area (Å²) in [5.41, 5.74) is 6.42. The number of hydrogen-bond acceptors (Lipinski definition) is 4. The van der Waals surface area contributed by atoms with Gasteiger partial charge in [-0.3, -0.25) is 0 Å². The number of thiophene rings is 1. The average molecular weight is 348 g/mol. The maximum atomic E-state index is 12.4. The van der Waals surface area contributed by atoms with Crippen LogP contribution in [0.5, 0.6) is 0 Å². The molecule has 0 radical (unpaired) electrons. The number of rotatable bonds is 6. The first kappa shape index (κ1) is 16.5. The Kier molecular flexibility index (Phi) is 5.11. The number of aryl methyl sites for hydroxylation is 1. The van der Waals surface area contributed by atoms with Crippen molar-refractivity contribution in [1.82, 2.24) is 9.29 Å². The van der Waals surface area contributed by atoms with Crippen LogP contribution >= 0.6 is 22.9 Å². The minimum Gasteiger partial charge on any atom is -0.349 e. The van der Waals surface area contributed by atoms with Crippen molar-refractivity contribution in [3.8, 4) is 0 Å². The van der Waals surface area contributed by atoms with Crippen molar-refractivity contribution in [2.24, 2.45) is 5.73 Å². The van der Waals surface area contributed by atoms with E-state index in [4.69, 9.17) is 17.3 Å². The Morgan fingerprint density at radius 1 is 1.48 bits per heavy atom. The highest BCUT2D eigenvalue weighted by Crippen LogP contribution is 2.28. The molecule has 0 saturated heterocycles. The van der Waals surface area contributed by atoms with E-state index >= 15 is 0 Å². The fraction of sp³-hybridized carbons (Fsp3) is 0.385. The van der Waals surface area contributed by atoms with Crippen LogP contribution in [0.3, 0.4) is 0 Å². The summed E-state index contributed by atoms with van der Waals surface area (Å²) >= 11 is 7.24. The highest BCUT2D eigenvalue weighted by molar-refractivity contribution is 7.89. The third-order valence-corrected chi connectivity index (χ3v) is 6.10. The fourth-order valence-corrected chi connectivity index (χ4v) is 4.48. The van der Waals surface area contributed by atoms with Gasteiger partial charge in [-0.15, -0.1) is 11.3 Å². The zero-order chi connectivity index (χ0) is 15.6. The van der Waals surface area contributed by atoms with Crippen LogP contribution in [0, 0.1) is 0 Å². The lowest BCUT2D eigenvalue weighted by atomic mass is 10.3. The van der Waals surface area contributed by atoms with E-state index in [1.165, 1.54) is 11.3 Å². The van der Waals surface area contributed by atoms with Gasteiger partial charge in [0.1, 0.15) is 0 Å². The Labute approximate surface area is 133 Å². The predicted octanol–water partition coefficient (Wildman–Crippen LogP) is 2.72. The molecule has 0 spiro atoms. The van der Waals surface area contributed by atoms with Crippen LogP contribution < -0.4 is 10.5 Å². The molecule has 5 nitrogen and oxygen atoms in total. The van der Waals surface area contributed by atoms with Crippen molar-refractivity contribution in [1.29, 1.82) is 0 Å². The summed E-state index contributed by atoms with van der Waals surface area (Å²) in [5, 5.41) is 0. The van der Waals surface area contributed by atoms with Gasteiger partial charge in [0, 0.05) is 29.9 Å². The van der Waals surface area contributed by atoms with E-state index in [-0.39, 0.29) is 10.9 Å². The van der Waals surface area contributed by atoms with E-state index in [1.54, 1.807) is 25.3 Å². The second-order valence-corrected chi connectivity index (χ2v) is 8.10. The lowest BCUT2D eigenvalue weighted by Gasteiger charge is -2.11. The number of sulfonamides is 1. The predicted molar refractivity (Wildman–Crippen MR) is 86.1 cm³/mol. The third-order valence-electron chi connectivity index (χ3n) is 3.17. The molecule has 0 aromatic carbocycles. The molecule has 0 bridgehead atoms. The van der Waals surface area contributed by atoms with E-state index in [2.05, 4.69) is 4.72 Å². The highest BCUT2D eigenvalue weighted by Gasteiger charge is 2.21. The average Bonchev–Trinajstić information content (AvgIpc) is 3.03. The molecule has 0 amide bonds. The molecule has 2 rings (SSSR count). The zero-order valence-electron chi connectivity index (χ0n) is 11.8. The van der Waals surface area contributed by atoms with Crippen LogP contribution in [0.15, 0.2) is 29.3 Å². The van der Waals surface area contributed by atoms with E-state index in [9.17, 15) is 8.42 Å². The number of hydrogen-bond donors (Lipinski definition) is 2. The van der Waals surface area contributed by atoms with Crippen LogP contribution in [0.1, 0.15) is 30.5 Å². The molecule has 0 saturated carbocycles. The van der Waals surface area contributed by atoms with Crippen molar-refractivity contribution >= 4 is 33.0 Å². The molecule has 1 unspecified atom stereocenters. The minimum absolute atomic E-state index is 0.235. The number of nitrogens with one attached hydrogen (secondary N) is 1. The Balaban J connectivity index is 2.24. The molecule has 8 heteroatoms. The first-order valence-corrected chi connectivity index (χ1v) is 9.21. The second-order valence-electron chi connectivity index (χ2n) is 4.64. The Morgan fingerprint density at radius 3 is 2.67 bits per heavy atom. The van der Waals surface area contributed by atoms with Crippen LogP contribution in [0.2, 0.25) is 4.34 Å². The molecule has 116 valence electrons. The lowest BCUT2D eigenvalue weighted by Crippen LogP contribution is -2.26. The summed E-state index contributed by atoms with van der Waals surface area (Å²) in [6.07, 6.45) is 1.61. The van der Waals surface area contributed by atoms with Crippen LogP contribution in [-0.2, 0) is 23.1 Å². The smallest absolute Gasteiger partial charge is 0.242 e. The SMILES string of the molecule is CCn1cc(S(=O)(=O)NC(C)c2ccc(Cl)s2)cc1CN. The molecule has 2 heterocycles. The van der Waals surface area contributed by atoms with Crippen molar-refractivity contribution in [2.75, 3.05) is 0 Å². The van der Waals surface area contributed by atoms with Crippen LogP contribution in [0.4, 0.5) is 0 Å². The highest BCUT2D eigenvalue weighted by atomic mass is 35.5. The number of halogens is 1. The molecule has 0 aliphatic carbocycles. The molecule has 3 N–H and O–H groups in total. The van der Waals surface area contributed by atoms with Gasteiger partial charge in [-0.1, -0.05) is 11.6 Å². The van der Waals surface area contributed by atoms with Gasteiger partial charge in [0.05, 0.1) is 15.3 Å². The summed E-state index contributed by atoms with van der Waals surface area (Å²) in [6, 6.07) is 4.86. The standard InChI is InChI=1S/C13H18ClN3O2S2/c1-3-17-8-11(6-10(17)7-15)21(18,19)16-9(2)12-4-5-13(14)20-12/h4-6,8-9,16H,3,7,15H2,1-2H3. The topological polar surface area (TPSA) is 77.1 Å². The van der Waals surface area contributed by atoms with Crippen LogP contribution in [-0.4, -0.2) is 13.0 Å². The monoisotopic (exact) mass is 347 g/mol. The van der Waals surface area contributed by atoms with E-state index in [0.717, 1.165) is 10.6 Å².